The molecule has 2 aromatic carbocycles. The molecular formula is C28H27F3N4O5. The first-order valence-electron chi connectivity index (χ1n) is 12.6. The molecule has 2 N–H and O–H groups in total. The zero-order chi connectivity index (χ0) is 28.3. The number of nitrogens with zero attached hydrogens (tertiary/aromatic N) is 2. The van der Waals surface area contributed by atoms with Crippen LogP contribution in [0.25, 0.3) is 0 Å². The highest BCUT2D eigenvalue weighted by Crippen LogP contribution is 2.36. The molecule has 2 atom stereocenters. The highest BCUT2D eigenvalue weighted by atomic mass is 19.4. The smallest absolute Gasteiger partial charge is 0.419 e. The van der Waals surface area contributed by atoms with Crippen molar-refractivity contribution in [1.82, 2.24) is 15.6 Å². The monoisotopic (exact) mass is 556 g/mol. The minimum Gasteiger partial charge on any atom is -0.493 e. The van der Waals surface area contributed by atoms with Crippen molar-refractivity contribution in [2.24, 2.45) is 0 Å². The van der Waals surface area contributed by atoms with Crippen molar-refractivity contribution in [2.45, 2.75) is 31.3 Å². The van der Waals surface area contributed by atoms with Gasteiger partial charge in [0, 0.05) is 37.8 Å². The molecule has 1 aromatic heterocycles. The van der Waals surface area contributed by atoms with Crippen LogP contribution < -0.4 is 29.7 Å². The molecule has 0 spiro atoms. The number of methoxy groups -OCH3 is 1. The van der Waals surface area contributed by atoms with Crippen molar-refractivity contribution in [1.29, 1.82) is 0 Å². The predicted octanol–water partition coefficient (Wildman–Crippen LogP) is 3.57. The van der Waals surface area contributed by atoms with E-state index in [2.05, 4.69) is 15.6 Å². The number of carbonyl (C=O) groups is 2. The fraction of sp³-hybridized carbons (Fsp3) is 0.321. The Kier molecular flexibility index (Phi) is 7.67. The van der Waals surface area contributed by atoms with Crippen molar-refractivity contribution in [3.63, 3.8) is 0 Å². The van der Waals surface area contributed by atoms with E-state index >= 15 is 0 Å². The van der Waals surface area contributed by atoms with Crippen molar-refractivity contribution in [3.8, 4) is 17.2 Å². The number of hydrogen-bond donors (Lipinski definition) is 2. The fourth-order valence-corrected chi connectivity index (χ4v) is 4.71. The first-order chi connectivity index (χ1) is 19.2. The molecule has 40 heavy (non-hydrogen) atoms. The van der Waals surface area contributed by atoms with E-state index in [1.54, 1.807) is 30.3 Å². The maximum Gasteiger partial charge on any atom is 0.419 e. The van der Waals surface area contributed by atoms with E-state index < -0.39 is 29.8 Å². The Morgan fingerprint density at radius 1 is 1.10 bits per heavy atom. The lowest BCUT2D eigenvalue weighted by Gasteiger charge is -2.40. The topological polar surface area (TPSA) is 102 Å². The van der Waals surface area contributed by atoms with Crippen LogP contribution >= 0.6 is 0 Å². The van der Waals surface area contributed by atoms with E-state index in [4.69, 9.17) is 14.2 Å². The van der Waals surface area contributed by atoms with Gasteiger partial charge in [-0.3, -0.25) is 9.59 Å². The van der Waals surface area contributed by atoms with Gasteiger partial charge in [0.05, 0.1) is 18.7 Å². The van der Waals surface area contributed by atoms with Crippen LogP contribution in [-0.2, 0) is 17.5 Å². The number of fused-ring (bicyclic) bond motifs is 7. The molecular weight excluding hydrogens is 529 g/mol. The lowest BCUT2D eigenvalue weighted by atomic mass is 10.00. The number of pyridine rings is 1. The van der Waals surface area contributed by atoms with E-state index in [9.17, 15) is 22.8 Å². The Morgan fingerprint density at radius 3 is 2.65 bits per heavy atom. The summed E-state index contributed by atoms with van der Waals surface area (Å²) < 4.78 is 58.4. The SMILES string of the molecule is COc1ccc2cc1OCC(=O)NCc1ccc(cc1)O[C@@H]1CCN(c3ncccc3C(F)(F)F)C[C@@H]1NC2=O. The maximum absolute atomic E-state index is 13.7. The second kappa shape index (κ2) is 11.3. The summed E-state index contributed by atoms with van der Waals surface area (Å²) in [7, 11) is 1.44. The van der Waals surface area contributed by atoms with Gasteiger partial charge in [0.2, 0.25) is 0 Å². The summed E-state index contributed by atoms with van der Waals surface area (Å²) in [6.45, 7) is 0.245. The van der Waals surface area contributed by atoms with Gasteiger partial charge in [-0.1, -0.05) is 12.1 Å². The molecule has 3 aromatic rings. The van der Waals surface area contributed by atoms with Crippen molar-refractivity contribution < 1.29 is 37.0 Å². The maximum atomic E-state index is 13.7. The number of ether oxygens (including phenoxy) is 3. The summed E-state index contributed by atoms with van der Waals surface area (Å²) in [5, 5.41) is 5.70. The van der Waals surface area contributed by atoms with Crippen molar-refractivity contribution in [2.75, 3.05) is 31.7 Å². The van der Waals surface area contributed by atoms with Gasteiger partial charge in [-0.25, -0.2) is 4.98 Å². The second-order valence-electron chi connectivity index (χ2n) is 9.42. The van der Waals surface area contributed by atoms with Gasteiger partial charge in [0.15, 0.2) is 18.1 Å². The van der Waals surface area contributed by atoms with Gasteiger partial charge in [-0.2, -0.15) is 13.2 Å². The van der Waals surface area contributed by atoms with Crippen molar-refractivity contribution >= 4 is 17.6 Å². The number of halogens is 3. The van der Waals surface area contributed by atoms with Crippen LogP contribution in [0, 0.1) is 0 Å². The molecule has 4 bridgehead atoms. The Bertz CT molecular complexity index is 1380. The molecule has 0 unspecified atom stereocenters. The Labute approximate surface area is 228 Å². The third-order valence-corrected chi connectivity index (χ3v) is 6.74. The first-order valence-corrected chi connectivity index (χ1v) is 12.6. The lowest BCUT2D eigenvalue weighted by molar-refractivity contribution is -0.137. The number of alkyl halides is 3. The molecule has 0 radical (unpaired) electrons. The number of carbonyl (C=O) groups excluding carboxylic acids is 2. The summed E-state index contributed by atoms with van der Waals surface area (Å²) >= 11 is 0. The zero-order valence-corrected chi connectivity index (χ0v) is 21.5. The number of hydrogen-bond acceptors (Lipinski definition) is 7. The number of piperidine rings is 1. The number of benzene rings is 2. The summed E-state index contributed by atoms with van der Waals surface area (Å²) in [6, 6.07) is 13.2. The summed E-state index contributed by atoms with van der Waals surface area (Å²) in [5.41, 5.74) is 0.203. The van der Waals surface area contributed by atoms with Crippen LogP contribution in [0.4, 0.5) is 19.0 Å². The molecule has 2 amide bonds. The normalized spacial score (nSPS) is 19.9. The van der Waals surface area contributed by atoms with Crippen LogP contribution in [0.1, 0.15) is 27.9 Å². The largest absolute Gasteiger partial charge is 0.493 e. The molecule has 3 aliphatic heterocycles. The summed E-state index contributed by atoms with van der Waals surface area (Å²) in [5.74, 6) is 0.000567. The quantitative estimate of drug-likeness (QED) is 0.498. The van der Waals surface area contributed by atoms with Crippen molar-refractivity contribution in [3.05, 3.63) is 77.5 Å². The highest BCUT2D eigenvalue weighted by molar-refractivity contribution is 5.95. The Hall–Kier alpha value is -4.48. The van der Waals surface area contributed by atoms with Crippen LogP contribution in [0.15, 0.2) is 60.8 Å². The van der Waals surface area contributed by atoms with Gasteiger partial charge >= 0.3 is 6.18 Å². The first kappa shape index (κ1) is 27.1. The average molecular weight is 557 g/mol. The van der Waals surface area contributed by atoms with Gasteiger partial charge in [-0.05, 0) is 48.0 Å². The molecule has 6 rings (SSSR count). The summed E-state index contributed by atoms with van der Waals surface area (Å²) in [4.78, 5) is 31.3. The number of aromatic nitrogens is 1. The molecule has 4 heterocycles. The molecule has 1 saturated heterocycles. The van der Waals surface area contributed by atoms with Crippen LogP contribution in [0.3, 0.4) is 0 Å². The molecule has 3 aliphatic rings. The van der Waals surface area contributed by atoms with Gasteiger partial charge in [-0.15, -0.1) is 0 Å². The molecule has 0 saturated carbocycles. The van der Waals surface area contributed by atoms with E-state index in [0.717, 1.165) is 11.6 Å². The number of amides is 2. The van der Waals surface area contributed by atoms with E-state index in [0.29, 0.717) is 17.9 Å². The highest BCUT2D eigenvalue weighted by Gasteiger charge is 2.39. The molecule has 12 heteroatoms. The Balaban J connectivity index is 1.48. The van der Waals surface area contributed by atoms with Crippen LogP contribution in [0.2, 0.25) is 0 Å². The number of rotatable bonds is 2. The fourth-order valence-electron chi connectivity index (χ4n) is 4.71. The second-order valence-corrected chi connectivity index (χ2v) is 9.42. The Morgan fingerprint density at radius 2 is 1.90 bits per heavy atom. The lowest BCUT2D eigenvalue weighted by Crippen LogP contribution is -2.57. The summed E-state index contributed by atoms with van der Waals surface area (Å²) in [6.07, 6.45) is -3.48. The number of nitrogens with one attached hydrogen (secondary N) is 2. The molecule has 9 nitrogen and oxygen atoms in total. The minimum atomic E-state index is -4.59. The molecule has 0 aliphatic carbocycles. The minimum absolute atomic E-state index is 0.0342. The molecule has 1 fully saturated rings. The van der Waals surface area contributed by atoms with E-state index in [-0.39, 0.29) is 49.3 Å². The number of anilines is 1. The zero-order valence-electron chi connectivity index (χ0n) is 21.5. The predicted molar refractivity (Wildman–Crippen MR) is 139 cm³/mol. The third-order valence-electron chi connectivity index (χ3n) is 6.74. The van der Waals surface area contributed by atoms with Gasteiger partial charge in [0.25, 0.3) is 11.8 Å². The van der Waals surface area contributed by atoms with Crippen LogP contribution in [0.5, 0.6) is 17.2 Å². The average Bonchev–Trinajstić information content (AvgIpc) is 2.95. The van der Waals surface area contributed by atoms with E-state index in [1.165, 1.54) is 36.4 Å². The van der Waals surface area contributed by atoms with Gasteiger partial charge in [0.1, 0.15) is 17.7 Å². The molecule has 210 valence electrons. The standard InChI is InChI=1S/C28H27F3N4O5/c1-38-23-9-6-18-13-24(23)39-16-25(36)33-14-17-4-7-19(8-5-17)40-22-10-12-35(15-21(22)34-27(18)37)26-20(28(29,30)31)3-2-11-32-26/h2-9,11,13,21-22H,10,12,14-16H2,1H3,(H,33,36)(H,34,37)/t21-,22+/m0/s1. The van der Waals surface area contributed by atoms with Gasteiger partial charge < -0.3 is 29.7 Å². The van der Waals surface area contributed by atoms with E-state index in [1.807, 2.05) is 0 Å². The third kappa shape index (κ3) is 6.05. The van der Waals surface area contributed by atoms with Crippen LogP contribution in [-0.4, -0.2) is 55.8 Å².